The molecule has 7 atom stereocenters. The minimum Gasteiger partial charge on any atom is -0.365 e. The lowest BCUT2D eigenvalue weighted by atomic mass is 10.0. The van der Waals surface area contributed by atoms with Crippen LogP contribution in [0.1, 0.15) is 5.56 Å². The molecule has 0 radical (unpaired) electrons. The van der Waals surface area contributed by atoms with Gasteiger partial charge in [0, 0.05) is 0 Å². The van der Waals surface area contributed by atoms with Gasteiger partial charge in [0.1, 0.15) is 24.4 Å². The molecular weight excluding hydrogens is 266 g/mol. The predicted octanol–water partition coefficient (Wildman–Crippen LogP) is 0.285. The number of rotatable bonds is 2. The van der Waals surface area contributed by atoms with Crippen LogP contribution in [0.4, 0.5) is 0 Å². The second-order valence-corrected chi connectivity index (χ2v) is 7.60. The standard InChI is InChI=1S/C13H13NO4S/c1-6-2-4-7(5-3-6)19(15,16)14-8-9(14)11-13(18-11)12-10(8)17-12/h2-5,8-13H,1H3/t8-,9+,10-,11+,12-,13+,14?. The number of sulfonamides is 1. The van der Waals surface area contributed by atoms with Crippen molar-refractivity contribution >= 4 is 10.0 Å². The molecule has 100 valence electrons. The first-order valence-electron chi connectivity index (χ1n) is 6.50. The molecule has 4 fully saturated rings. The second kappa shape index (κ2) is 3.03. The van der Waals surface area contributed by atoms with E-state index in [0.717, 1.165) is 5.56 Å². The molecule has 1 saturated carbocycles. The van der Waals surface area contributed by atoms with Crippen molar-refractivity contribution in [3.63, 3.8) is 0 Å². The number of benzene rings is 1. The lowest BCUT2D eigenvalue weighted by molar-refractivity contribution is 0.299. The number of hydrogen-bond donors (Lipinski definition) is 0. The molecule has 3 saturated heterocycles. The van der Waals surface area contributed by atoms with Crippen LogP contribution in [0.15, 0.2) is 29.2 Å². The van der Waals surface area contributed by atoms with Crippen molar-refractivity contribution < 1.29 is 17.9 Å². The number of ether oxygens (including phenoxy) is 2. The van der Waals surface area contributed by atoms with Crippen LogP contribution in [0.25, 0.3) is 0 Å². The first kappa shape index (κ1) is 10.8. The highest BCUT2D eigenvalue weighted by atomic mass is 32.2. The van der Waals surface area contributed by atoms with Crippen LogP contribution >= 0.6 is 0 Å². The highest BCUT2D eigenvalue weighted by molar-refractivity contribution is 7.89. The van der Waals surface area contributed by atoms with Crippen LogP contribution in [0.3, 0.4) is 0 Å². The molecule has 19 heavy (non-hydrogen) atoms. The fraction of sp³-hybridized carbons (Fsp3) is 0.538. The van der Waals surface area contributed by atoms with E-state index in [0.29, 0.717) is 4.90 Å². The third kappa shape index (κ3) is 1.27. The summed E-state index contributed by atoms with van der Waals surface area (Å²) in [6.45, 7) is 1.94. The van der Waals surface area contributed by atoms with Crippen molar-refractivity contribution in [2.24, 2.45) is 0 Å². The summed E-state index contributed by atoms with van der Waals surface area (Å²) < 4.78 is 37.9. The van der Waals surface area contributed by atoms with E-state index in [-0.39, 0.29) is 36.5 Å². The highest BCUT2D eigenvalue weighted by Crippen LogP contribution is 2.60. The maximum absolute atomic E-state index is 12.6. The molecule has 1 aliphatic carbocycles. The summed E-state index contributed by atoms with van der Waals surface area (Å²) in [6, 6.07) is 7.00. The fourth-order valence-corrected chi connectivity index (χ4v) is 5.23. The topological polar surface area (TPSA) is 62.2 Å². The molecular formula is C13H13NO4S. The minimum absolute atomic E-state index is 0.0000491. The Morgan fingerprint density at radius 1 is 0.947 bits per heavy atom. The molecule has 0 amide bonds. The van der Waals surface area contributed by atoms with Gasteiger partial charge in [-0.05, 0) is 19.1 Å². The SMILES string of the molecule is Cc1ccc(S(=O)(=O)N2[C@@H]3[C@@H]4O[C@@H]4[C@@H]4O[C@@H]4[C@@H]32)cc1. The average molecular weight is 279 g/mol. The van der Waals surface area contributed by atoms with Gasteiger partial charge in [-0.15, -0.1) is 0 Å². The Hall–Kier alpha value is -0.950. The van der Waals surface area contributed by atoms with E-state index in [9.17, 15) is 8.42 Å². The van der Waals surface area contributed by atoms with E-state index in [1.54, 1.807) is 16.4 Å². The number of aryl methyl sites for hydroxylation is 1. The van der Waals surface area contributed by atoms with Gasteiger partial charge in [-0.2, -0.15) is 4.31 Å². The van der Waals surface area contributed by atoms with Gasteiger partial charge >= 0.3 is 0 Å². The Bertz CT molecular complexity index is 648. The Labute approximate surface area is 111 Å². The van der Waals surface area contributed by atoms with Crippen molar-refractivity contribution in [2.45, 2.75) is 48.3 Å². The third-order valence-electron chi connectivity index (χ3n) is 4.56. The molecule has 0 bridgehead atoms. The van der Waals surface area contributed by atoms with Gasteiger partial charge < -0.3 is 9.47 Å². The van der Waals surface area contributed by atoms with Crippen LogP contribution in [-0.2, 0) is 19.5 Å². The molecule has 1 unspecified atom stereocenters. The maximum atomic E-state index is 12.6. The van der Waals surface area contributed by atoms with Crippen molar-refractivity contribution in [2.75, 3.05) is 0 Å². The van der Waals surface area contributed by atoms with E-state index in [1.165, 1.54) is 0 Å². The van der Waals surface area contributed by atoms with Gasteiger partial charge in [0.15, 0.2) is 0 Å². The summed E-state index contributed by atoms with van der Waals surface area (Å²) >= 11 is 0. The Balaban J connectivity index is 1.52. The summed E-state index contributed by atoms with van der Waals surface area (Å²) in [7, 11) is -3.40. The van der Waals surface area contributed by atoms with Crippen LogP contribution < -0.4 is 0 Å². The van der Waals surface area contributed by atoms with Gasteiger partial charge in [-0.25, -0.2) is 8.42 Å². The predicted molar refractivity (Wildman–Crippen MR) is 65.1 cm³/mol. The smallest absolute Gasteiger partial charge is 0.243 e. The van der Waals surface area contributed by atoms with E-state index in [2.05, 4.69) is 0 Å². The van der Waals surface area contributed by atoms with Crippen molar-refractivity contribution in [3.8, 4) is 0 Å². The number of hydrogen-bond acceptors (Lipinski definition) is 4. The summed E-state index contributed by atoms with van der Waals surface area (Å²) in [5.41, 5.74) is 1.05. The van der Waals surface area contributed by atoms with Gasteiger partial charge in [0.25, 0.3) is 0 Å². The minimum atomic E-state index is -3.40. The zero-order valence-corrected chi connectivity index (χ0v) is 11.1. The molecule has 0 aromatic heterocycles. The molecule has 4 aliphatic rings. The lowest BCUT2D eigenvalue weighted by Gasteiger charge is -2.06. The third-order valence-corrected chi connectivity index (χ3v) is 6.47. The van der Waals surface area contributed by atoms with Crippen LogP contribution in [-0.4, -0.2) is 49.2 Å². The summed E-state index contributed by atoms with van der Waals surface area (Å²) in [5.74, 6) is 0. The molecule has 0 N–H and O–H groups in total. The molecule has 0 spiro atoms. The van der Waals surface area contributed by atoms with Gasteiger partial charge in [-0.1, -0.05) is 17.7 Å². The van der Waals surface area contributed by atoms with Gasteiger partial charge in [0.2, 0.25) is 10.0 Å². The van der Waals surface area contributed by atoms with E-state index in [4.69, 9.17) is 9.47 Å². The first-order chi connectivity index (χ1) is 9.09. The lowest BCUT2D eigenvalue weighted by Crippen LogP contribution is -2.20. The highest BCUT2D eigenvalue weighted by Gasteiger charge is 2.81. The zero-order chi connectivity index (χ0) is 12.9. The van der Waals surface area contributed by atoms with Crippen LogP contribution in [0, 0.1) is 6.92 Å². The van der Waals surface area contributed by atoms with Gasteiger partial charge in [-0.3, -0.25) is 0 Å². The molecule has 1 aromatic carbocycles. The van der Waals surface area contributed by atoms with Crippen molar-refractivity contribution in [1.29, 1.82) is 0 Å². The first-order valence-corrected chi connectivity index (χ1v) is 7.94. The normalized spacial score (nSPS) is 48.8. The second-order valence-electron chi connectivity index (χ2n) is 5.76. The maximum Gasteiger partial charge on any atom is 0.243 e. The zero-order valence-electron chi connectivity index (χ0n) is 10.3. The Morgan fingerprint density at radius 2 is 1.47 bits per heavy atom. The van der Waals surface area contributed by atoms with E-state index in [1.807, 2.05) is 19.1 Å². The quantitative estimate of drug-likeness (QED) is 0.730. The summed E-state index contributed by atoms with van der Waals surface area (Å²) in [4.78, 5) is 0.363. The van der Waals surface area contributed by atoms with Crippen molar-refractivity contribution in [1.82, 2.24) is 4.31 Å². The number of epoxide rings is 2. The molecule has 1 aromatic rings. The number of fused-ring (bicyclic) bond motifs is 6. The number of nitrogens with zero attached hydrogens (tertiary/aromatic N) is 1. The average Bonchev–Trinajstić information content (AvgIpc) is 3.23. The Kier molecular flexibility index (Phi) is 1.72. The molecule has 3 aliphatic heterocycles. The largest absolute Gasteiger partial charge is 0.365 e. The van der Waals surface area contributed by atoms with Crippen molar-refractivity contribution in [3.05, 3.63) is 29.8 Å². The molecule has 5 rings (SSSR count). The van der Waals surface area contributed by atoms with Crippen LogP contribution in [0.2, 0.25) is 0 Å². The Morgan fingerprint density at radius 3 is 2.00 bits per heavy atom. The molecule has 6 heteroatoms. The monoisotopic (exact) mass is 279 g/mol. The fourth-order valence-electron chi connectivity index (χ4n) is 3.43. The van der Waals surface area contributed by atoms with Crippen LogP contribution in [0.5, 0.6) is 0 Å². The molecule has 5 nitrogen and oxygen atoms in total. The summed E-state index contributed by atoms with van der Waals surface area (Å²) in [6.07, 6.45) is 0.414. The molecule has 3 heterocycles. The van der Waals surface area contributed by atoms with Gasteiger partial charge in [0.05, 0.1) is 17.0 Å². The van der Waals surface area contributed by atoms with E-state index < -0.39 is 10.0 Å². The summed E-state index contributed by atoms with van der Waals surface area (Å²) in [5, 5.41) is 0. The van der Waals surface area contributed by atoms with E-state index >= 15 is 0 Å².